The molecule has 0 radical (unpaired) electrons. The number of fused-ring (bicyclic) bond motifs is 1. The van der Waals surface area contributed by atoms with Crippen molar-refractivity contribution in [2.24, 2.45) is 0 Å². The summed E-state index contributed by atoms with van der Waals surface area (Å²) in [5, 5.41) is 12.2. The Morgan fingerprint density at radius 2 is 2.10 bits per heavy atom. The number of hydrogen-bond donors (Lipinski definition) is 2. The van der Waals surface area contributed by atoms with E-state index in [4.69, 9.17) is 9.84 Å². The number of esters is 1. The molecule has 1 aliphatic rings. The van der Waals surface area contributed by atoms with E-state index in [-0.39, 0.29) is 24.3 Å². The maximum atomic E-state index is 12.9. The Kier molecular flexibility index (Phi) is 6.84. The van der Waals surface area contributed by atoms with Crippen LogP contribution in [0.5, 0.6) is 0 Å². The zero-order chi connectivity index (χ0) is 21.8. The average Bonchev–Trinajstić information content (AvgIpc) is 3.15. The number of anilines is 1. The van der Waals surface area contributed by atoms with Gasteiger partial charge < -0.3 is 15.2 Å². The number of nitrogens with one attached hydrogen (secondary N) is 1. The summed E-state index contributed by atoms with van der Waals surface area (Å²) in [4.78, 5) is 43.7. The lowest BCUT2D eigenvalue weighted by molar-refractivity contribution is -0.136. The number of carbonyl (C=O) groups is 3. The number of aromatic nitrogens is 1. The molecule has 160 valence electrons. The predicted molar refractivity (Wildman–Crippen MR) is 113 cm³/mol. The average molecular weight is 432 g/mol. The number of benzene rings is 1. The Morgan fingerprint density at radius 1 is 1.33 bits per heavy atom. The van der Waals surface area contributed by atoms with Gasteiger partial charge in [-0.3, -0.25) is 14.5 Å². The molecule has 1 aromatic carbocycles. The number of aliphatic carboxylic acids is 1. The van der Waals surface area contributed by atoms with E-state index in [0.29, 0.717) is 22.3 Å². The number of rotatable bonds is 7. The molecule has 2 aromatic rings. The number of ether oxygens (including phenoxy) is 1. The van der Waals surface area contributed by atoms with Gasteiger partial charge in [-0.2, -0.15) is 0 Å². The van der Waals surface area contributed by atoms with E-state index >= 15 is 0 Å². The molecular weight excluding hydrogens is 406 g/mol. The predicted octanol–water partition coefficient (Wildman–Crippen LogP) is 2.97. The molecule has 0 unspecified atom stereocenters. The van der Waals surface area contributed by atoms with Gasteiger partial charge in [-0.15, -0.1) is 11.3 Å². The summed E-state index contributed by atoms with van der Waals surface area (Å²) in [7, 11) is 1.28. The highest BCUT2D eigenvalue weighted by molar-refractivity contribution is 7.13. The maximum absolute atomic E-state index is 12.9. The van der Waals surface area contributed by atoms with Crippen LogP contribution in [-0.4, -0.2) is 52.5 Å². The number of methoxy groups -OCH3 is 1. The zero-order valence-corrected chi connectivity index (χ0v) is 18.0. The number of amides is 1. The third-order valence-electron chi connectivity index (χ3n) is 5.07. The lowest BCUT2D eigenvalue weighted by Crippen LogP contribution is -2.35. The van der Waals surface area contributed by atoms with Crippen LogP contribution in [0.4, 0.5) is 5.69 Å². The summed E-state index contributed by atoms with van der Waals surface area (Å²) in [6.45, 7) is 5.98. The van der Waals surface area contributed by atoms with Gasteiger partial charge in [0, 0.05) is 42.5 Å². The van der Waals surface area contributed by atoms with E-state index < -0.39 is 11.9 Å². The smallest absolute Gasteiger partial charge is 0.337 e. The first kappa shape index (κ1) is 21.9. The standard InChI is InChI=1S/C21H25N3O5S/c1-12(2)24-9-8-15-17(11-24)30-20(23-15)19(27)22-16-10-14(21(28)29-3)5-4-13(16)6-7-18(25)26/h4-5,10,12H,6-9,11H2,1-3H3,(H,22,27)(H,25,26). The number of carboxylic acids is 1. The maximum Gasteiger partial charge on any atom is 0.337 e. The van der Waals surface area contributed by atoms with E-state index in [2.05, 4.69) is 29.0 Å². The molecule has 30 heavy (non-hydrogen) atoms. The monoisotopic (exact) mass is 431 g/mol. The van der Waals surface area contributed by atoms with Crippen LogP contribution in [-0.2, 0) is 28.9 Å². The quantitative estimate of drug-likeness (QED) is 0.649. The molecule has 1 amide bonds. The van der Waals surface area contributed by atoms with Crippen molar-refractivity contribution in [3.05, 3.63) is 44.9 Å². The fraction of sp³-hybridized carbons (Fsp3) is 0.429. The number of carbonyl (C=O) groups excluding carboxylic acids is 2. The minimum atomic E-state index is -0.938. The third kappa shape index (κ3) is 5.03. The van der Waals surface area contributed by atoms with Crippen LogP contribution in [0.25, 0.3) is 0 Å². The Balaban J connectivity index is 1.83. The lowest BCUT2D eigenvalue weighted by atomic mass is 10.0. The molecule has 0 saturated heterocycles. The Morgan fingerprint density at radius 3 is 2.77 bits per heavy atom. The Labute approximate surface area is 178 Å². The summed E-state index contributed by atoms with van der Waals surface area (Å²) < 4.78 is 4.74. The molecule has 0 bridgehead atoms. The second-order valence-corrected chi connectivity index (χ2v) is 8.50. The van der Waals surface area contributed by atoms with Crippen LogP contribution in [0.15, 0.2) is 18.2 Å². The van der Waals surface area contributed by atoms with E-state index in [1.54, 1.807) is 12.1 Å². The number of aryl methyl sites for hydroxylation is 1. The Bertz CT molecular complexity index is 970. The first-order chi connectivity index (χ1) is 14.3. The van der Waals surface area contributed by atoms with Crippen molar-refractivity contribution in [1.29, 1.82) is 0 Å². The molecule has 2 N–H and O–H groups in total. The summed E-state index contributed by atoms with van der Waals surface area (Å²) in [5.74, 6) is -1.84. The SMILES string of the molecule is COC(=O)c1ccc(CCC(=O)O)c(NC(=O)c2nc3c(s2)CN(C(C)C)CC3)c1. The van der Waals surface area contributed by atoms with Crippen LogP contribution in [0.2, 0.25) is 0 Å². The van der Waals surface area contributed by atoms with Crippen molar-refractivity contribution < 1.29 is 24.2 Å². The summed E-state index contributed by atoms with van der Waals surface area (Å²) in [5.41, 5.74) is 2.25. The minimum Gasteiger partial charge on any atom is -0.481 e. The number of hydrogen-bond acceptors (Lipinski definition) is 7. The van der Waals surface area contributed by atoms with E-state index in [9.17, 15) is 14.4 Å². The van der Waals surface area contributed by atoms with Crippen molar-refractivity contribution in [3.63, 3.8) is 0 Å². The van der Waals surface area contributed by atoms with Gasteiger partial charge in [0.25, 0.3) is 5.91 Å². The van der Waals surface area contributed by atoms with Gasteiger partial charge in [0.15, 0.2) is 5.01 Å². The molecule has 0 saturated carbocycles. The topological polar surface area (TPSA) is 109 Å². The van der Waals surface area contributed by atoms with Crippen LogP contribution in [0.3, 0.4) is 0 Å². The van der Waals surface area contributed by atoms with E-state index in [1.165, 1.54) is 24.5 Å². The number of nitrogens with zero attached hydrogens (tertiary/aromatic N) is 2. The van der Waals surface area contributed by atoms with E-state index in [1.807, 2.05) is 0 Å². The fourth-order valence-corrected chi connectivity index (χ4v) is 4.35. The summed E-state index contributed by atoms with van der Waals surface area (Å²) >= 11 is 1.37. The molecule has 0 spiro atoms. The molecule has 8 nitrogen and oxygen atoms in total. The largest absolute Gasteiger partial charge is 0.481 e. The molecule has 2 heterocycles. The van der Waals surface area contributed by atoms with Gasteiger partial charge in [0.05, 0.1) is 18.4 Å². The second kappa shape index (κ2) is 9.36. The van der Waals surface area contributed by atoms with Gasteiger partial charge in [0.1, 0.15) is 0 Å². The summed E-state index contributed by atoms with van der Waals surface area (Å²) in [6, 6.07) is 5.13. The molecule has 3 rings (SSSR count). The minimum absolute atomic E-state index is 0.0863. The number of carboxylic acid groups (broad SMARTS) is 1. The highest BCUT2D eigenvalue weighted by Crippen LogP contribution is 2.28. The molecule has 1 aromatic heterocycles. The van der Waals surface area contributed by atoms with Crippen molar-refractivity contribution in [2.75, 3.05) is 19.0 Å². The molecule has 0 fully saturated rings. The fourth-order valence-electron chi connectivity index (χ4n) is 3.33. The van der Waals surface area contributed by atoms with Gasteiger partial charge in [-0.05, 0) is 38.0 Å². The first-order valence-corrected chi connectivity index (χ1v) is 10.6. The highest BCUT2D eigenvalue weighted by Gasteiger charge is 2.25. The zero-order valence-electron chi connectivity index (χ0n) is 17.2. The van der Waals surface area contributed by atoms with Crippen molar-refractivity contribution >= 4 is 34.9 Å². The van der Waals surface area contributed by atoms with Crippen LogP contribution < -0.4 is 5.32 Å². The van der Waals surface area contributed by atoms with Crippen molar-refractivity contribution in [1.82, 2.24) is 9.88 Å². The third-order valence-corrected chi connectivity index (χ3v) is 6.15. The first-order valence-electron chi connectivity index (χ1n) is 9.75. The van der Waals surface area contributed by atoms with Crippen LogP contribution >= 0.6 is 11.3 Å². The van der Waals surface area contributed by atoms with Gasteiger partial charge in [-0.25, -0.2) is 9.78 Å². The normalized spacial score (nSPS) is 13.7. The molecule has 0 atom stereocenters. The summed E-state index contributed by atoms with van der Waals surface area (Å²) in [6.07, 6.45) is 0.945. The van der Waals surface area contributed by atoms with Crippen molar-refractivity contribution in [2.45, 2.75) is 45.7 Å². The molecule has 0 aliphatic carbocycles. The number of thiazole rings is 1. The van der Waals surface area contributed by atoms with E-state index in [0.717, 1.165) is 30.1 Å². The second-order valence-electron chi connectivity index (χ2n) is 7.41. The lowest BCUT2D eigenvalue weighted by Gasteiger charge is -2.29. The van der Waals surface area contributed by atoms with Crippen molar-refractivity contribution in [3.8, 4) is 0 Å². The molecule has 1 aliphatic heterocycles. The van der Waals surface area contributed by atoms with Gasteiger partial charge in [-0.1, -0.05) is 6.07 Å². The van der Waals surface area contributed by atoms with Crippen LogP contribution in [0.1, 0.15) is 56.6 Å². The van der Waals surface area contributed by atoms with Gasteiger partial charge >= 0.3 is 11.9 Å². The van der Waals surface area contributed by atoms with Crippen LogP contribution in [0, 0.1) is 0 Å². The molecular formula is C21H25N3O5S. The highest BCUT2D eigenvalue weighted by atomic mass is 32.1. The van der Waals surface area contributed by atoms with Gasteiger partial charge in [0.2, 0.25) is 0 Å². The Hall–Kier alpha value is -2.78. The molecule has 9 heteroatoms.